The highest BCUT2D eigenvalue weighted by Crippen LogP contribution is 2.24. The van der Waals surface area contributed by atoms with Crippen LogP contribution in [0.1, 0.15) is 36.8 Å². The van der Waals surface area contributed by atoms with E-state index in [4.69, 9.17) is 5.73 Å². The van der Waals surface area contributed by atoms with E-state index in [1.165, 1.54) is 49.7 Å². The first kappa shape index (κ1) is 11.2. The Labute approximate surface area is 104 Å². The number of benzene rings is 1. The Morgan fingerprint density at radius 3 is 2.06 bits per heavy atom. The standard InChI is InChI=1S/C15H22N2/c16-13-5-7-14(8-6-13)17-15-9-11-3-1-2-4-12(11)10-15/h1-4,13-15,17H,5-10,16H2. The molecule has 3 N–H and O–H groups in total. The minimum absolute atomic E-state index is 0.453. The van der Waals surface area contributed by atoms with Gasteiger partial charge in [-0.25, -0.2) is 0 Å². The fraction of sp³-hybridized carbons (Fsp3) is 0.600. The molecule has 0 radical (unpaired) electrons. The summed E-state index contributed by atoms with van der Waals surface area (Å²) >= 11 is 0. The molecule has 2 aliphatic rings. The zero-order valence-corrected chi connectivity index (χ0v) is 10.4. The van der Waals surface area contributed by atoms with Gasteiger partial charge < -0.3 is 11.1 Å². The van der Waals surface area contributed by atoms with Crippen molar-refractivity contribution in [3.8, 4) is 0 Å². The average Bonchev–Trinajstić information content (AvgIpc) is 2.74. The van der Waals surface area contributed by atoms with Crippen LogP contribution >= 0.6 is 0 Å². The Morgan fingerprint density at radius 2 is 1.47 bits per heavy atom. The van der Waals surface area contributed by atoms with E-state index in [9.17, 15) is 0 Å². The van der Waals surface area contributed by atoms with Gasteiger partial charge in [0.25, 0.3) is 0 Å². The van der Waals surface area contributed by atoms with Gasteiger partial charge in [0.1, 0.15) is 0 Å². The lowest BCUT2D eigenvalue weighted by Gasteiger charge is -2.29. The largest absolute Gasteiger partial charge is 0.328 e. The molecule has 1 aromatic rings. The number of hydrogen-bond donors (Lipinski definition) is 2. The lowest BCUT2D eigenvalue weighted by atomic mass is 9.91. The van der Waals surface area contributed by atoms with Crippen molar-refractivity contribution in [1.82, 2.24) is 5.32 Å². The third-order valence-electron chi connectivity index (χ3n) is 4.29. The summed E-state index contributed by atoms with van der Waals surface area (Å²) < 4.78 is 0. The first-order valence-electron chi connectivity index (χ1n) is 6.89. The van der Waals surface area contributed by atoms with Crippen LogP contribution in [-0.2, 0) is 12.8 Å². The molecule has 0 aliphatic heterocycles. The summed E-state index contributed by atoms with van der Waals surface area (Å²) in [6, 6.07) is 10.7. The van der Waals surface area contributed by atoms with Crippen molar-refractivity contribution >= 4 is 0 Å². The van der Waals surface area contributed by atoms with E-state index in [0.717, 1.165) is 0 Å². The van der Waals surface area contributed by atoms with E-state index in [0.29, 0.717) is 18.1 Å². The highest BCUT2D eigenvalue weighted by molar-refractivity contribution is 5.33. The van der Waals surface area contributed by atoms with Crippen molar-refractivity contribution in [3.05, 3.63) is 35.4 Å². The second kappa shape index (κ2) is 4.79. The minimum Gasteiger partial charge on any atom is -0.328 e. The molecule has 0 atom stereocenters. The molecule has 0 amide bonds. The van der Waals surface area contributed by atoms with Crippen molar-refractivity contribution in [2.24, 2.45) is 5.73 Å². The van der Waals surface area contributed by atoms with Crippen LogP contribution < -0.4 is 11.1 Å². The van der Waals surface area contributed by atoms with Gasteiger partial charge in [0.15, 0.2) is 0 Å². The lowest BCUT2D eigenvalue weighted by molar-refractivity contribution is 0.316. The predicted molar refractivity (Wildman–Crippen MR) is 71.0 cm³/mol. The fourth-order valence-corrected chi connectivity index (χ4v) is 3.30. The third kappa shape index (κ3) is 2.53. The fourth-order valence-electron chi connectivity index (χ4n) is 3.30. The molecular weight excluding hydrogens is 208 g/mol. The number of nitrogens with one attached hydrogen (secondary N) is 1. The molecule has 2 heteroatoms. The normalized spacial score (nSPS) is 29.2. The minimum atomic E-state index is 0.453. The van der Waals surface area contributed by atoms with E-state index >= 15 is 0 Å². The van der Waals surface area contributed by atoms with Gasteiger partial charge >= 0.3 is 0 Å². The van der Waals surface area contributed by atoms with Crippen LogP contribution in [0.5, 0.6) is 0 Å². The van der Waals surface area contributed by atoms with E-state index in [1.807, 2.05) is 0 Å². The first-order valence-corrected chi connectivity index (χ1v) is 6.89. The van der Waals surface area contributed by atoms with Gasteiger partial charge in [0, 0.05) is 18.1 Å². The van der Waals surface area contributed by atoms with Crippen LogP contribution in [-0.4, -0.2) is 18.1 Å². The molecule has 0 saturated heterocycles. The van der Waals surface area contributed by atoms with E-state index in [-0.39, 0.29) is 0 Å². The van der Waals surface area contributed by atoms with Crippen molar-refractivity contribution in [2.75, 3.05) is 0 Å². The van der Waals surface area contributed by atoms with Crippen molar-refractivity contribution in [2.45, 2.75) is 56.7 Å². The molecule has 92 valence electrons. The number of nitrogens with two attached hydrogens (primary N) is 1. The van der Waals surface area contributed by atoms with Crippen LogP contribution in [0.4, 0.5) is 0 Å². The van der Waals surface area contributed by atoms with Crippen LogP contribution in [0.25, 0.3) is 0 Å². The SMILES string of the molecule is NC1CCC(NC2Cc3ccccc3C2)CC1. The summed E-state index contributed by atoms with van der Waals surface area (Å²) in [5.41, 5.74) is 9.02. The number of rotatable bonds is 2. The first-order chi connectivity index (χ1) is 8.31. The monoisotopic (exact) mass is 230 g/mol. The number of hydrogen-bond acceptors (Lipinski definition) is 2. The van der Waals surface area contributed by atoms with Crippen molar-refractivity contribution < 1.29 is 0 Å². The lowest BCUT2D eigenvalue weighted by Crippen LogP contribution is -2.43. The molecular formula is C15H22N2. The molecule has 2 nitrogen and oxygen atoms in total. The second-order valence-corrected chi connectivity index (χ2v) is 5.65. The van der Waals surface area contributed by atoms with Gasteiger partial charge in [-0.15, -0.1) is 0 Å². The summed E-state index contributed by atoms with van der Waals surface area (Å²) in [7, 11) is 0. The molecule has 0 spiro atoms. The van der Waals surface area contributed by atoms with Crippen LogP contribution in [0, 0.1) is 0 Å². The average molecular weight is 230 g/mol. The summed E-state index contributed by atoms with van der Waals surface area (Å²) in [6.45, 7) is 0. The van der Waals surface area contributed by atoms with E-state index in [2.05, 4.69) is 29.6 Å². The molecule has 0 heterocycles. The van der Waals surface area contributed by atoms with E-state index < -0.39 is 0 Å². The van der Waals surface area contributed by atoms with Crippen LogP contribution in [0.15, 0.2) is 24.3 Å². The van der Waals surface area contributed by atoms with Crippen molar-refractivity contribution in [3.63, 3.8) is 0 Å². The summed E-state index contributed by atoms with van der Waals surface area (Å²) in [6.07, 6.45) is 7.31. The van der Waals surface area contributed by atoms with Gasteiger partial charge in [-0.05, 0) is 49.7 Å². The zero-order valence-electron chi connectivity index (χ0n) is 10.4. The van der Waals surface area contributed by atoms with Gasteiger partial charge in [-0.1, -0.05) is 24.3 Å². The second-order valence-electron chi connectivity index (χ2n) is 5.65. The molecule has 0 aromatic heterocycles. The quantitative estimate of drug-likeness (QED) is 0.815. The Balaban J connectivity index is 1.55. The Kier molecular flexibility index (Phi) is 3.17. The molecule has 0 bridgehead atoms. The highest BCUT2D eigenvalue weighted by atomic mass is 15.0. The van der Waals surface area contributed by atoms with Gasteiger partial charge in [0.2, 0.25) is 0 Å². The highest BCUT2D eigenvalue weighted by Gasteiger charge is 2.25. The molecule has 1 saturated carbocycles. The maximum absolute atomic E-state index is 5.95. The Morgan fingerprint density at radius 1 is 0.882 bits per heavy atom. The predicted octanol–water partition coefficient (Wildman–Crippen LogP) is 2.01. The zero-order chi connectivity index (χ0) is 11.7. The topological polar surface area (TPSA) is 38.0 Å². The van der Waals surface area contributed by atoms with Gasteiger partial charge in [0.05, 0.1) is 0 Å². The Hall–Kier alpha value is -0.860. The van der Waals surface area contributed by atoms with Crippen molar-refractivity contribution in [1.29, 1.82) is 0 Å². The van der Waals surface area contributed by atoms with Crippen LogP contribution in [0.2, 0.25) is 0 Å². The summed E-state index contributed by atoms with van der Waals surface area (Å²) in [5.74, 6) is 0. The van der Waals surface area contributed by atoms with Gasteiger partial charge in [-0.3, -0.25) is 0 Å². The van der Waals surface area contributed by atoms with Crippen LogP contribution in [0.3, 0.4) is 0 Å². The van der Waals surface area contributed by atoms with E-state index in [1.54, 1.807) is 0 Å². The van der Waals surface area contributed by atoms with Gasteiger partial charge in [-0.2, -0.15) is 0 Å². The molecule has 0 unspecified atom stereocenters. The molecule has 17 heavy (non-hydrogen) atoms. The summed E-state index contributed by atoms with van der Waals surface area (Å²) in [5, 5.41) is 3.83. The Bertz CT molecular complexity index is 355. The maximum atomic E-state index is 5.95. The molecule has 3 rings (SSSR count). The molecule has 2 aliphatic carbocycles. The molecule has 1 aromatic carbocycles. The third-order valence-corrected chi connectivity index (χ3v) is 4.29. The summed E-state index contributed by atoms with van der Waals surface area (Å²) in [4.78, 5) is 0. The smallest absolute Gasteiger partial charge is 0.0151 e. The maximum Gasteiger partial charge on any atom is 0.0151 e. The molecule has 1 fully saturated rings. The number of fused-ring (bicyclic) bond motifs is 1.